The molecule has 0 spiro atoms. The summed E-state index contributed by atoms with van der Waals surface area (Å²) in [4.78, 5) is 24.8. The Labute approximate surface area is 155 Å². The van der Waals surface area contributed by atoms with Gasteiger partial charge in [0.2, 0.25) is 0 Å². The fraction of sp³-hybridized carbons (Fsp3) is 0.0476. The molecule has 0 saturated heterocycles. The van der Waals surface area contributed by atoms with Crippen molar-refractivity contribution in [3.05, 3.63) is 89.2 Å². The Balaban J connectivity index is 1.53. The molecule has 0 radical (unpaired) electrons. The molecule has 6 heteroatoms. The smallest absolute Gasteiger partial charge is 0.257 e. The Hall–Kier alpha value is -3.67. The Morgan fingerprint density at radius 1 is 0.889 bits per heavy atom. The van der Waals surface area contributed by atoms with E-state index in [0.29, 0.717) is 28.2 Å². The average molecular weight is 361 g/mol. The summed E-state index contributed by atoms with van der Waals surface area (Å²) in [6.45, 7) is 0.284. The lowest BCUT2D eigenvalue weighted by Gasteiger charge is -2.11. The van der Waals surface area contributed by atoms with Crippen LogP contribution in [0.5, 0.6) is 0 Å². The Bertz CT molecular complexity index is 1030. The number of hydrogen-bond acceptors (Lipinski definition) is 3. The number of anilines is 3. The summed E-state index contributed by atoms with van der Waals surface area (Å²) in [7, 11) is 0. The van der Waals surface area contributed by atoms with Crippen LogP contribution in [0.2, 0.25) is 0 Å². The number of hydrogen-bond donors (Lipinski definition) is 3. The van der Waals surface area contributed by atoms with Crippen molar-refractivity contribution < 1.29 is 14.0 Å². The number of carbonyl (C=O) groups excluding carboxylic acids is 2. The lowest BCUT2D eigenvalue weighted by molar-refractivity contribution is 0.0949. The van der Waals surface area contributed by atoms with Crippen molar-refractivity contribution in [3.8, 4) is 0 Å². The largest absolute Gasteiger partial charge is 0.353 e. The second-order valence-electron chi connectivity index (χ2n) is 6.19. The van der Waals surface area contributed by atoms with E-state index in [1.807, 2.05) is 12.1 Å². The highest BCUT2D eigenvalue weighted by Gasteiger charge is 2.19. The van der Waals surface area contributed by atoms with Gasteiger partial charge in [0.1, 0.15) is 5.82 Å². The van der Waals surface area contributed by atoms with Gasteiger partial charge in [-0.15, -0.1) is 0 Å². The van der Waals surface area contributed by atoms with Gasteiger partial charge in [-0.3, -0.25) is 9.59 Å². The van der Waals surface area contributed by atoms with E-state index in [0.717, 1.165) is 5.56 Å². The van der Waals surface area contributed by atoms with Crippen LogP contribution in [0.25, 0.3) is 0 Å². The zero-order chi connectivity index (χ0) is 18.8. The van der Waals surface area contributed by atoms with Crippen LogP contribution in [-0.2, 0) is 6.54 Å². The molecule has 0 saturated carbocycles. The van der Waals surface area contributed by atoms with Gasteiger partial charge < -0.3 is 16.0 Å². The van der Waals surface area contributed by atoms with E-state index < -0.39 is 0 Å². The molecule has 2 amide bonds. The van der Waals surface area contributed by atoms with Crippen molar-refractivity contribution in [2.75, 3.05) is 10.6 Å². The Kier molecular flexibility index (Phi) is 4.30. The highest BCUT2D eigenvalue weighted by Crippen LogP contribution is 2.32. The third-order valence-electron chi connectivity index (χ3n) is 4.34. The zero-order valence-corrected chi connectivity index (χ0v) is 14.3. The first-order valence-electron chi connectivity index (χ1n) is 8.44. The summed E-state index contributed by atoms with van der Waals surface area (Å²) < 4.78 is 12.9. The van der Waals surface area contributed by atoms with Gasteiger partial charge in [0.25, 0.3) is 11.8 Å². The van der Waals surface area contributed by atoms with Crippen molar-refractivity contribution in [3.63, 3.8) is 0 Å². The Morgan fingerprint density at radius 2 is 1.67 bits per heavy atom. The summed E-state index contributed by atoms with van der Waals surface area (Å²) in [5.74, 6) is -0.834. The molecule has 1 aliphatic rings. The SMILES string of the molecule is O=C(NCc1ccc(F)cc1)c1ccc2c(c1)NC(=O)c1ccccc1N2. The normalized spacial score (nSPS) is 12.1. The molecule has 1 aliphatic heterocycles. The lowest BCUT2D eigenvalue weighted by Crippen LogP contribution is -2.23. The molecule has 0 atom stereocenters. The van der Waals surface area contributed by atoms with Gasteiger partial charge in [-0.05, 0) is 48.0 Å². The molecule has 4 rings (SSSR count). The second-order valence-corrected chi connectivity index (χ2v) is 6.19. The maximum absolute atomic E-state index is 12.9. The lowest BCUT2D eigenvalue weighted by atomic mass is 10.1. The predicted molar refractivity (Wildman–Crippen MR) is 102 cm³/mol. The maximum atomic E-state index is 12.9. The Morgan fingerprint density at radius 3 is 2.48 bits per heavy atom. The van der Waals surface area contributed by atoms with E-state index in [2.05, 4.69) is 16.0 Å². The molecule has 0 bridgehead atoms. The highest BCUT2D eigenvalue weighted by molar-refractivity contribution is 6.12. The van der Waals surface area contributed by atoms with Gasteiger partial charge in [-0.25, -0.2) is 4.39 Å². The first-order valence-corrected chi connectivity index (χ1v) is 8.44. The quantitative estimate of drug-likeness (QED) is 0.659. The number of rotatable bonds is 3. The summed E-state index contributed by atoms with van der Waals surface area (Å²) in [5, 5.41) is 8.83. The van der Waals surface area contributed by atoms with Crippen molar-refractivity contribution in [2.24, 2.45) is 0 Å². The monoisotopic (exact) mass is 361 g/mol. The first-order chi connectivity index (χ1) is 13.1. The van der Waals surface area contributed by atoms with Crippen LogP contribution in [0, 0.1) is 5.82 Å². The number of halogens is 1. The van der Waals surface area contributed by atoms with Gasteiger partial charge in [-0.1, -0.05) is 24.3 Å². The highest BCUT2D eigenvalue weighted by atomic mass is 19.1. The zero-order valence-electron chi connectivity index (χ0n) is 14.3. The fourth-order valence-corrected chi connectivity index (χ4v) is 2.91. The van der Waals surface area contributed by atoms with Crippen molar-refractivity contribution in [1.29, 1.82) is 0 Å². The predicted octanol–water partition coefficient (Wildman–Crippen LogP) is 4.07. The van der Waals surface area contributed by atoms with Crippen LogP contribution in [0.4, 0.5) is 21.5 Å². The molecule has 0 aliphatic carbocycles. The van der Waals surface area contributed by atoms with Gasteiger partial charge in [0.05, 0.1) is 22.6 Å². The number of amides is 2. The second kappa shape index (κ2) is 6.92. The third kappa shape index (κ3) is 3.50. The molecule has 27 heavy (non-hydrogen) atoms. The van der Waals surface area contributed by atoms with E-state index in [1.54, 1.807) is 42.5 Å². The summed E-state index contributed by atoms with van der Waals surface area (Å²) in [5.41, 5.74) is 3.71. The molecular formula is C21H16FN3O2. The molecule has 5 nitrogen and oxygen atoms in total. The van der Waals surface area contributed by atoms with E-state index in [9.17, 15) is 14.0 Å². The third-order valence-corrected chi connectivity index (χ3v) is 4.34. The molecule has 0 unspecified atom stereocenters. The molecule has 0 fully saturated rings. The standard InChI is InChI=1S/C21H16FN3O2/c22-15-8-5-13(6-9-15)12-23-20(26)14-7-10-18-19(11-14)25-21(27)16-3-1-2-4-17(16)24-18/h1-11,24H,12H2,(H,23,26)(H,25,27). The first kappa shape index (κ1) is 16.8. The van der Waals surface area contributed by atoms with Crippen molar-refractivity contribution >= 4 is 28.9 Å². The van der Waals surface area contributed by atoms with Crippen LogP contribution >= 0.6 is 0 Å². The van der Waals surface area contributed by atoms with Crippen LogP contribution in [0.1, 0.15) is 26.3 Å². The summed E-state index contributed by atoms with van der Waals surface area (Å²) in [6, 6.07) is 18.2. The van der Waals surface area contributed by atoms with Crippen molar-refractivity contribution in [1.82, 2.24) is 5.32 Å². The molecule has 3 aromatic rings. The van der Waals surface area contributed by atoms with Gasteiger partial charge >= 0.3 is 0 Å². The number of fused-ring (bicyclic) bond motifs is 2. The van der Waals surface area contributed by atoms with Gasteiger partial charge in [0.15, 0.2) is 0 Å². The summed E-state index contributed by atoms with van der Waals surface area (Å²) >= 11 is 0. The van der Waals surface area contributed by atoms with Crippen molar-refractivity contribution in [2.45, 2.75) is 6.54 Å². The van der Waals surface area contributed by atoms with Gasteiger partial charge in [-0.2, -0.15) is 0 Å². The molecule has 0 aromatic heterocycles. The van der Waals surface area contributed by atoms with Crippen LogP contribution in [-0.4, -0.2) is 11.8 Å². The van der Waals surface area contributed by atoms with Crippen LogP contribution in [0.3, 0.4) is 0 Å². The van der Waals surface area contributed by atoms with Gasteiger partial charge in [0, 0.05) is 12.1 Å². The average Bonchev–Trinajstić information content (AvgIpc) is 2.82. The minimum absolute atomic E-state index is 0.235. The minimum atomic E-state index is -0.319. The number of nitrogens with one attached hydrogen (secondary N) is 3. The number of para-hydroxylation sites is 1. The molecular weight excluding hydrogens is 345 g/mol. The van der Waals surface area contributed by atoms with Crippen LogP contribution in [0.15, 0.2) is 66.7 Å². The molecule has 3 aromatic carbocycles. The van der Waals surface area contributed by atoms with E-state index in [-0.39, 0.29) is 24.2 Å². The number of carbonyl (C=O) groups is 2. The maximum Gasteiger partial charge on any atom is 0.257 e. The van der Waals surface area contributed by atoms with E-state index >= 15 is 0 Å². The molecule has 3 N–H and O–H groups in total. The topological polar surface area (TPSA) is 70.2 Å². The van der Waals surface area contributed by atoms with Crippen LogP contribution < -0.4 is 16.0 Å². The number of benzene rings is 3. The summed E-state index contributed by atoms with van der Waals surface area (Å²) in [6.07, 6.45) is 0. The van der Waals surface area contributed by atoms with E-state index in [4.69, 9.17) is 0 Å². The molecule has 1 heterocycles. The minimum Gasteiger partial charge on any atom is -0.353 e. The molecule has 134 valence electrons. The van der Waals surface area contributed by atoms with E-state index in [1.165, 1.54) is 12.1 Å². The fourth-order valence-electron chi connectivity index (χ4n) is 2.91.